The first-order chi connectivity index (χ1) is 59.0. The average Bonchev–Trinajstić information content (AvgIpc) is 1.63. The van der Waals surface area contributed by atoms with E-state index in [-0.39, 0.29) is 58.1 Å². The molecule has 12 rings (SSSR count). The predicted octanol–water partition coefficient (Wildman–Crippen LogP) is -22.4. The second-order valence-corrected chi connectivity index (χ2v) is 33.5. The Morgan fingerprint density at radius 3 is 0.840 bits per heavy atom. The van der Waals surface area contributed by atoms with Gasteiger partial charge in [-0.25, -0.2) is 13.2 Å². The van der Waals surface area contributed by atoms with Crippen LogP contribution in [0.25, 0.3) is 0 Å². The van der Waals surface area contributed by atoms with Crippen molar-refractivity contribution in [2.24, 2.45) is 103 Å². The summed E-state index contributed by atoms with van der Waals surface area (Å²) < 4.78 is 148. The van der Waals surface area contributed by atoms with Crippen LogP contribution in [0, 0.1) is 0 Å². The Hall–Kier alpha value is -2.33. The van der Waals surface area contributed by atoms with Crippen molar-refractivity contribution in [2.75, 3.05) is 59.1 Å². The van der Waals surface area contributed by atoms with Gasteiger partial charge >= 0.3 is 0 Å². The Bertz CT molecular complexity index is 3240. The molecule has 54 atom stereocenters. The van der Waals surface area contributed by atoms with E-state index in [9.17, 15) is 100.0 Å². The van der Waals surface area contributed by atoms with Gasteiger partial charge in [0.2, 0.25) is 0 Å². The number of hydrogen-bond donors (Lipinski definition) is 35. The van der Waals surface area contributed by atoms with Gasteiger partial charge in [0.25, 0.3) is 5.92 Å². The van der Waals surface area contributed by atoms with Crippen LogP contribution in [0.3, 0.4) is 0 Å². The third kappa shape index (κ3) is 22.8. The molecule has 0 spiro atoms. The van der Waals surface area contributed by atoms with Crippen LogP contribution in [0.4, 0.5) is 13.2 Å². The Labute approximate surface area is 714 Å². The first-order valence-electron chi connectivity index (χ1n) is 41.4. The van der Waals surface area contributed by atoms with Crippen LogP contribution in [-0.2, 0) is 85.3 Å². The summed E-state index contributed by atoms with van der Waals surface area (Å²) in [7, 11) is 0. The Balaban J connectivity index is 0.000000196. The van der Waals surface area contributed by atoms with Gasteiger partial charge < -0.3 is 275 Å². The maximum atomic E-state index is 14.7. The maximum absolute atomic E-state index is 14.7. The zero-order valence-corrected chi connectivity index (χ0v) is 68.1. The van der Waals surface area contributed by atoms with Crippen molar-refractivity contribution < 1.29 is 185 Å². The molecule has 0 bridgehead atoms. The normalized spacial score (nSPS) is 52.8. The van der Waals surface area contributed by atoms with Gasteiger partial charge in [-0.05, 0) is 32.1 Å². The monoisotopic (exact) mass is 1830 g/mol. The summed E-state index contributed by atoms with van der Waals surface area (Å²) in [4.78, 5) is 0. The molecule has 0 aromatic rings. The average molecular weight is 1830 g/mol. The zero-order valence-electron chi connectivity index (χ0n) is 68.1. The van der Waals surface area contributed by atoms with E-state index in [1.165, 1.54) is 0 Å². The summed E-state index contributed by atoms with van der Waals surface area (Å²) in [5, 5.41) is 177. The molecule has 0 amide bonds. The molecule has 3 aliphatic carbocycles. The van der Waals surface area contributed by atoms with Crippen molar-refractivity contribution in [1.29, 1.82) is 0 Å². The number of hydrogen-bond acceptors (Lipinski definition) is 53. The third-order valence-corrected chi connectivity index (χ3v) is 24.9. The summed E-state index contributed by atoms with van der Waals surface area (Å²) in [6, 6.07) is -13.1. The minimum atomic E-state index is -3.87. The Kier molecular flexibility index (Phi) is 38.0. The summed E-state index contributed by atoms with van der Waals surface area (Å²) in [6.07, 6.45) is -55.9. The summed E-state index contributed by atoms with van der Waals surface area (Å²) >= 11 is 0. The maximum Gasteiger partial charge on any atom is 0.295 e. The highest BCUT2D eigenvalue weighted by Gasteiger charge is 2.62. The lowest BCUT2D eigenvalue weighted by molar-refractivity contribution is -0.331. The van der Waals surface area contributed by atoms with Gasteiger partial charge in [0.15, 0.2) is 56.6 Å². The molecule has 0 radical (unpaired) electrons. The molecule has 0 aromatic carbocycles. The van der Waals surface area contributed by atoms with Gasteiger partial charge in [0.05, 0.1) is 74.4 Å². The molecule has 9 heterocycles. The highest BCUT2D eigenvalue weighted by Crippen LogP contribution is 2.42. The van der Waals surface area contributed by atoms with Gasteiger partial charge in [-0.15, -0.1) is 0 Å². The van der Waals surface area contributed by atoms with E-state index < -0.39 is 357 Å². The lowest BCUT2D eigenvalue weighted by Gasteiger charge is -2.48. The quantitative estimate of drug-likeness (QED) is 0.0363. The number of nitrogens with two attached hydrogens (primary N) is 18. The fourth-order valence-corrected chi connectivity index (χ4v) is 17.1. The molecular formula is C69H135F3N18O35. The van der Waals surface area contributed by atoms with Crippen molar-refractivity contribution >= 4 is 0 Å². The largest absolute Gasteiger partial charge is 0.394 e. The number of rotatable bonds is 27. The van der Waals surface area contributed by atoms with Crippen LogP contribution in [0.15, 0.2) is 0 Å². The van der Waals surface area contributed by atoms with Crippen molar-refractivity contribution in [3.8, 4) is 0 Å². The molecule has 3 saturated carbocycles. The minimum absolute atomic E-state index is 0.0422. The first-order valence-corrected chi connectivity index (χ1v) is 41.4. The summed E-state index contributed by atoms with van der Waals surface area (Å²) in [5.41, 5.74) is 106. The number of ether oxygens (including phenoxy) is 18. The molecular weight excluding hydrogens is 1700 g/mol. The molecule has 732 valence electrons. The van der Waals surface area contributed by atoms with Crippen molar-refractivity contribution in [1.82, 2.24) is 0 Å². The number of halogens is 3. The van der Waals surface area contributed by atoms with Crippen LogP contribution < -0.4 is 103 Å². The minimum Gasteiger partial charge on any atom is -0.394 e. The van der Waals surface area contributed by atoms with Gasteiger partial charge in [-0.2, -0.15) is 0 Å². The van der Waals surface area contributed by atoms with E-state index >= 15 is 0 Å². The second-order valence-electron chi connectivity index (χ2n) is 33.5. The summed E-state index contributed by atoms with van der Waals surface area (Å²) in [6.45, 7) is -2.91. The molecule has 0 aromatic heterocycles. The zero-order chi connectivity index (χ0) is 92.3. The smallest absolute Gasteiger partial charge is 0.295 e. The van der Waals surface area contributed by atoms with Crippen LogP contribution in [-0.4, -0.2) is 482 Å². The lowest BCUT2D eigenvalue weighted by atomic mass is 9.84. The van der Waals surface area contributed by atoms with E-state index in [1.807, 2.05) is 0 Å². The van der Waals surface area contributed by atoms with Crippen molar-refractivity contribution in [3.63, 3.8) is 0 Å². The number of aliphatic hydroxyl groups excluding tert-OH is 17. The first kappa shape index (κ1) is 105. The molecule has 125 heavy (non-hydrogen) atoms. The van der Waals surface area contributed by atoms with Gasteiger partial charge in [-0.1, -0.05) is 0 Å². The number of alkyl halides is 3. The highest BCUT2D eigenvalue weighted by molar-refractivity contribution is 5.08. The molecule has 53 nitrogen and oxygen atoms in total. The van der Waals surface area contributed by atoms with Crippen LogP contribution in [0.1, 0.15) is 32.1 Å². The van der Waals surface area contributed by atoms with Gasteiger partial charge in [0, 0.05) is 75.5 Å². The SMILES string of the molecule is NC[C@@H]1CC[C@@H](N)[C@@H](O[C@H]2[C@H](O[C@@H]3O[C@H](CO)[C@@H](O[C@H]4O[C@@H](CN)[C@@H](O)[C@H](O)[C@H]4N)[C@H]3O)[C@@H](O)[C@H](N)C[C@@H]2N)O1.NC[C@@H]1O[C@H](O[C@H]2[C@@H](O)[C@H](O[C@@H]3[C@@H](O)[C@H](N)C[C@H](N)[C@H]3O[C@H]3O[C@H](CN)[C@@H](O)C(F)(F)[C@H]3N)O[C@@H]2CO)[C@H](N)[C@@H](O)[C@@H]1O.NC[C@@H]1O[C@H](O[C@H]2[C@@H](O)[C@H](O[C@@H]3[C@@H](O)[C@H](N)C[C@H](N)[C@H]3O[C@H]3O[C@H](CN)[C@@H](O)[C@H](F)[C@H]3N)O[C@@H]2CO)[C@H](N)[C@@H](O)[C@@H]1O. The van der Waals surface area contributed by atoms with E-state index in [1.54, 1.807) is 0 Å². The predicted molar refractivity (Wildman–Crippen MR) is 410 cm³/mol. The van der Waals surface area contributed by atoms with Gasteiger partial charge in [-0.3, -0.25) is 0 Å². The van der Waals surface area contributed by atoms with Crippen LogP contribution in [0.2, 0.25) is 0 Å². The molecule has 9 aliphatic heterocycles. The molecule has 12 aliphatic rings. The lowest BCUT2D eigenvalue weighted by Crippen LogP contribution is -2.70. The molecule has 0 unspecified atom stereocenters. The van der Waals surface area contributed by atoms with Gasteiger partial charge in [0.1, 0.15) is 183 Å². The summed E-state index contributed by atoms with van der Waals surface area (Å²) in [5.74, 6) is -3.87. The van der Waals surface area contributed by atoms with E-state index in [0.29, 0.717) is 12.8 Å². The molecule has 12 fully saturated rings. The third-order valence-electron chi connectivity index (χ3n) is 24.9. The molecule has 53 N–H and O–H groups in total. The van der Waals surface area contributed by atoms with E-state index in [4.69, 9.17) is 188 Å². The molecule has 9 saturated heterocycles. The Morgan fingerprint density at radius 2 is 0.528 bits per heavy atom. The fraction of sp³-hybridized carbons (Fsp3) is 1.00. The van der Waals surface area contributed by atoms with Crippen LogP contribution >= 0.6 is 0 Å². The second kappa shape index (κ2) is 45.3. The van der Waals surface area contributed by atoms with Crippen LogP contribution in [0.5, 0.6) is 0 Å². The number of aliphatic hydroxyl groups is 17. The standard InChI is InChI=1S/C23H44F2N6O12.C23H45FN6O12.C23H46N6O11/c24-23(25)18(31)22(39-8(3-27)19(23)37)41-15-6(29)1-5(28)11(33)17(15)43-21-14(36)16(9(4-32)40-21)42-20-10(30)13(35)12(34)7(2-26)38-20;24-10-11(29)21(37-7(2-25)14(10)33)40-18-6(28)1-5(27)13(32)20(18)42-23-17(36)19(9(4-31)39-23)41-22-12(30)16(35)15(34)8(3-26)38-22;24-4-7-1-2-8(26)21(35-7)38-18-10(28)3-9(27)14(31)20(18)40-23-17(34)19(12(6-30)37-23)39-22-13(29)16(33)15(32)11(5-25)36-22/h5-22,32-37H,1-4,26-31H2;5-23,31-36H,1-4,25-30H2;7-23,30-34H,1-6,24-29H2/t5-,6+,7+,8-,9-,10-,11+,12-,13-,14-,15-,16-,17-,18+,19-,20-,21+,22-;5-,6+,7-,8+,9-,10-,11-,12-,13+,14-,15-,16-,17-,18-,19-,20-,21-,22-,23+;7-,8+,9+,10-,11-,12+,13+,14-,15+,16+,17+,18+,19+,20+,21+,22+,23-/m110/s1. The van der Waals surface area contributed by atoms with E-state index in [2.05, 4.69) is 0 Å². The van der Waals surface area contributed by atoms with Crippen molar-refractivity contribution in [2.45, 2.75) is 369 Å². The van der Waals surface area contributed by atoms with Crippen molar-refractivity contribution in [3.05, 3.63) is 0 Å². The highest BCUT2D eigenvalue weighted by atomic mass is 19.3. The Morgan fingerprint density at radius 1 is 0.256 bits per heavy atom. The topological polar surface area (TPSA) is 978 Å². The van der Waals surface area contributed by atoms with E-state index in [0.717, 1.165) is 0 Å². The fourth-order valence-electron chi connectivity index (χ4n) is 17.1. The molecule has 56 heteroatoms.